The fraction of sp³-hybridized carbons (Fsp3) is 0.240. The minimum absolute atomic E-state index is 0.0865. The van der Waals surface area contributed by atoms with Crippen LogP contribution in [-0.2, 0) is 4.79 Å². The molecule has 2 amide bonds. The fourth-order valence-corrected chi connectivity index (χ4v) is 3.15. The first-order valence-electron chi connectivity index (χ1n) is 10.9. The number of nitrogens with zero attached hydrogens (tertiary/aromatic N) is 3. The zero-order valence-corrected chi connectivity index (χ0v) is 19.2. The molecule has 0 aliphatic rings. The Bertz CT molecular complexity index is 1170. The molecule has 1 aromatic heterocycles. The van der Waals surface area contributed by atoms with Crippen molar-refractivity contribution in [1.29, 1.82) is 5.26 Å². The van der Waals surface area contributed by atoms with Crippen molar-refractivity contribution in [3.8, 4) is 17.5 Å². The average molecular weight is 458 g/mol. The Balaban J connectivity index is 1.66. The van der Waals surface area contributed by atoms with Gasteiger partial charge in [0.2, 0.25) is 5.91 Å². The van der Waals surface area contributed by atoms with Gasteiger partial charge in [0.15, 0.2) is 5.82 Å². The zero-order chi connectivity index (χ0) is 24.3. The quantitative estimate of drug-likeness (QED) is 0.344. The number of hydrogen-bond donors (Lipinski definition) is 4. The van der Waals surface area contributed by atoms with Crippen molar-refractivity contribution in [2.24, 2.45) is 0 Å². The van der Waals surface area contributed by atoms with Crippen LogP contribution in [0.1, 0.15) is 28.4 Å². The van der Waals surface area contributed by atoms with Gasteiger partial charge in [-0.2, -0.15) is 5.26 Å². The minimum Gasteiger partial charge on any atom is -0.368 e. The first-order chi connectivity index (χ1) is 16.5. The summed E-state index contributed by atoms with van der Waals surface area (Å²) in [7, 11) is 0. The molecular weight excluding hydrogens is 430 g/mol. The maximum Gasteiger partial charge on any atom is 0.251 e. The lowest BCUT2D eigenvalue weighted by Gasteiger charge is -2.16. The summed E-state index contributed by atoms with van der Waals surface area (Å²) in [5.74, 6) is 1.59. The number of benzene rings is 2. The normalized spacial score (nSPS) is 10.1. The number of nitrogens with one attached hydrogen (secondary N) is 4. The fourth-order valence-electron chi connectivity index (χ4n) is 3.15. The van der Waals surface area contributed by atoms with Gasteiger partial charge in [0.1, 0.15) is 11.6 Å². The van der Waals surface area contributed by atoms with E-state index in [1.54, 1.807) is 24.3 Å². The third-order valence-electron chi connectivity index (χ3n) is 4.95. The lowest BCUT2D eigenvalue weighted by atomic mass is 10.1. The van der Waals surface area contributed by atoms with Gasteiger partial charge < -0.3 is 21.3 Å². The van der Waals surface area contributed by atoms with Crippen LogP contribution in [0.4, 0.5) is 11.6 Å². The molecule has 0 saturated carbocycles. The van der Waals surface area contributed by atoms with Crippen LogP contribution in [0, 0.1) is 18.3 Å². The van der Waals surface area contributed by atoms with Gasteiger partial charge in [0.25, 0.3) is 5.91 Å². The van der Waals surface area contributed by atoms with Gasteiger partial charge in [-0.15, -0.1) is 0 Å². The van der Waals surface area contributed by atoms with E-state index >= 15 is 0 Å². The summed E-state index contributed by atoms with van der Waals surface area (Å²) in [6, 6.07) is 18.2. The van der Waals surface area contributed by atoms with E-state index in [-0.39, 0.29) is 11.8 Å². The van der Waals surface area contributed by atoms with Gasteiger partial charge in [0, 0.05) is 49.8 Å². The molecule has 0 aliphatic heterocycles. The molecular formula is C25H27N7O2. The number of carbonyl (C=O) groups is 2. The van der Waals surface area contributed by atoms with Crippen LogP contribution in [-0.4, -0.2) is 48.0 Å². The third kappa shape index (κ3) is 6.77. The number of nitriles is 1. The van der Waals surface area contributed by atoms with Gasteiger partial charge in [-0.1, -0.05) is 30.3 Å². The summed E-state index contributed by atoms with van der Waals surface area (Å²) in [5, 5.41) is 21.0. The predicted octanol–water partition coefficient (Wildman–Crippen LogP) is 2.71. The first kappa shape index (κ1) is 24.2. The number of amides is 2. The largest absolute Gasteiger partial charge is 0.368 e. The smallest absolute Gasteiger partial charge is 0.251 e. The third-order valence-corrected chi connectivity index (χ3v) is 4.95. The SMILES string of the molecule is CC(=O)NCCNc1nc(-c2ccccc2)nc(NCCNC(=O)c2ccc(C#N)cc2)c1C. The van der Waals surface area contributed by atoms with Crippen LogP contribution in [0.15, 0.2) is 54.6 Å². The highest BCUT2D eigenvalue weighted by Gasteiger charge is 2.12. The highest BCUT2D eigenvalue weighted by Crippen LogP contribution is 2.24. The topological polar surface area (TPSA) is 132 Å². The minimum atomic E-state index is -0.212. The Morgan fingerprint density at radius 3 is 2.00 bits per heavy atom. The summed E-state index contributed by atoms with van der Waals surface area (Å²) in [6.07, 6.45) is 0. The number of rotatable bonds is 10. The average Bonchev–Trinajstić information content (AvgIpc) is 2.86. The summed E-state index contributed by atoms with van der Waals surface area (Å²) >= 11 is 0. The standard InChI is InChI=1S/C25H27N7O2/c1-17-22(28-13-12-27-18(2)33)31-24(20-6-4-3-5-7-20)32-23(17)29-14-15-30-25(34)21-10-8-19(16-26)9-11-21/h3-11H,12-15H2,1-2H3,(H,27,33)(H,30,34)(H2,28,29,31,32). The van der Waals surface area contributed by atoms with E-state index in [4.69, 9.17) is 5.26 Å². The van der Waals surface area contributed by atoms with Crippen molar-refractivity contribution < 1.29 is 9.59 Å². The van der Waals surface area contributed by atoms with E-state index in [1.807, 2.05) is 43.3 Å². The molecule has 9 nitrogen and oxygen atoms in total. The molecule has 3 rings (SSSR count). The number of carbonyl (C=O) groups excluding carboxylic acids is 2. The molecule has 0 atom stereocenters. The van der Waals surface area contributed by atoms with Crippen LogP contribution in [0.2, 0.25) is 0 Å². The number of hydrogen-bond acceptors (Lipinski definition) is 7. The molecule has 174 valence electrons. The molecule has 0 spiro atoms. The van der Waals surface area contributed by atoms with E-state index in [0.29, 0.717) is 54.8 Å². The summed E-state index contributed by atoms with van der Waals surface area (Å²) < 4.78 is 0. The first-order valence-corrected chi connectivity index (χ1v) is 10.9. The van der Waals surface area contributed by atoms with E-state index in [0.717, 1.165) is 11.1 Å². The van der Waals surface area contributed by atoms with Crippen LogP contribution in [0.5, 0.6) is 0 Å². The molecule has 4 N–H and O–H groups in total. The Morgan fingerprint density at radius 1 is 0.853 bits per heavy atom. The lowest BCUT2D eigenvalue weighted by Crippen LogP contribution is -2.29. The monoisotopic (exact) mass is 457 g/mol. The zero-order valence-electron chi connectivity index (χ0n) is 19.2. The summed E-state index contributed by atoms with van der Waals surface area (Å²) in [5.41, 5.74) is 2.72. The molecule has 0 radical (unpaired) electrons. The van der Waals surface area contributed by atoms with Gasteiger partial charge in [-0.3, -0.25) is 9.59 Å². The summed E-state index contributed by atoms with van der Waals surface area (Å²) in [4.78, 5) is 32.8. The second-order valence-corrected chi connectivity index (χ2v) is 7.52. The maximum absolute atomic E-state index is 12.3. The van der Waals surface area contributed by atoms with Gasteiger partial charge in [0.05, 0.1) is 11.6 Å². The number of anilines is 2. The molecule has 0 bridgehead atoms. The molecule has 0 unspecified atom stereocenters. The van der Waals surface area contributed by atoms with E-state index in [1.165, 1.54) is 6.92 Å². The van der Waals surface area contributed by atoms with Crippen molar-refractivity contribution in [3.05, 3.63) is 71.3 Å². The lowest BCUT2D eigenvalue weighted by molar-refractivity contribution is -0.118. The van der Waals surface area contributed by atoms with Crippen molar-refractivity contribution in [2.45, 2.75) is 13.8 Å². The second kappa shape index (κ2) is 12.0. The Morgan fingerprint density at radius 2 is 1.44 bits per heavy atom. The second-order valence-electron chi connectivity index (χ2n) is 7.52. The Kier molecular flexibility index (Phi) is 8.52. The van der Waals surface area contributed by atoms with E-state index < -0.39 is 0 Å². The van der Waals surface area contributed by atoms with Gasteiger partial charge >= 0.3 is 0 Å². The molecule has 0 saturated heterocycles. The van der Waals surface area contributed by atoms with Gasteiger partial charge in [-0.25, -0.2) is 9.97 Å². The maximum atomic E-state index is 12.3. The molecule has 9 heteroatoms. The van der Waals surface area contributed by atoms with E-state index in [2.05, 4.69) is 31.2 Å². The van der Waals surface area contributed by atoms with Crippen LogP contribution in [0.25, 0.3) is 11.4 Å². The highest BCUT2D eigenvalue weighted by molar-refractivity contribution is 5.94. The Labute approximate surface area is 198 Å². The summed E-state index contributed by atoms with van der Waals surface area (Å²) in [6.45, 7) is 5.22. The van der Waals surface area contributed by atoms with Crippen molar-refractivity contribution in [1.82, 2.24) is 20.6 Å². The van der Waals surface area contributed by atoms with Crippen molar-refractivity contribution in [2.75, 3.05) is 36.8 Å². The van der Waals surface area contributed by atoms with Crippen LogP contribution < -0.4 is 21.3 Å². The molecule has 1 heterocycles. The molecule has 3 aromatic rings. The number of aromatic nitrogens is 2. The predicted molar refractivity (Wildman–Crippen MR) is 131 cm³/mol. The van der Waals surface area contributed by atoms with Crippen molar-refractivity contribution >= 4 is 23.5 Å². The van der Waals surface area contributed by atoms with Gasteiger partial charge in [-0.05, 0) is 31.2 Å². The molecule has 0 fully saturated rings. The Hall–Kier alpha value is -4.45. The molecule has 0 aliphatic carbocycles. The molecule has 34 heavy (non-hydrogen) atoms. The van der Waals surface area contributed by atoms with Crippen molar-refractivity contribution in [3.63, 3.8) is 0 Å². The molecule has 2 aromatic carbocycles. The van der Waals surface area contributed by atoms with Crippen LogP contribution in [0.3, 0.4) is 0 Å². The highest BCUT2D eigenvalue weighted by atomic mass is 16.2. The van der Waals surface area contributed by atoms with Crippen LogP contribution >= 0.6 is 0 Å². The van der Waals surface area contributed by atoms with E-state index in [9.17, 15) is 9.59 Å².